The van der Waals surface area contributed by atoms with Gasteiger partial charge in [0.05, 0.1) is 11.4 Å². The monoisotopic (exact) mass is 726 g/mol. The molecule has 0 radical (unpaired) electrons. The van der Waals surface area contributed by atoms with Gasteiger partial charge in [0.15, 0.2) is 17.5 Å². The van der Waals surface area contributed by atoms with Crippen molar-refractivity contribution in [3.05, 3.63) is 206 Å². The lowest BCUT2D eigenvalue weighted by atomic mass is 9.86. The van der Waals surface area contributed by atoms with Crippen LogP contribution in [0.2, 0.25) is 0 Å². The van der Waals surface area contributed by atoms with Gasteiger partial charge in [-0.25, -0.2) is 15.0 Å². The minimum atomic E-state index is 0.632. The molecule has 10 aromatic rings. The average molecular weight is 727 g/mol. The van der Waals surface area contributed by atoms with Gasteiger partial charge in [0.2, 0.25) is 0 Å². The van der Waals surface area contributed by atoms with Crippen molar-refractivity contribution in [3.8, 4) is 67.5 Å². The number of hydrogen-bond acceptors (Lipinski definition) is 4. The molecule has 0 N–H and O–H groups in total. The fraction of sp³-hybridized carbons (Fsp3) is 0. The molecule has 1 aliphatic rings. The second-order valence-corrected chi connectivity index (χ2v) is 14.4. The van der Waals surface area contributed by atoms with Crippen LogP contribution in [0.25, 0.3) is 89.1 Å². The highest BCUT2D eigenvalue weighted by atomic mass is 15.1. The molecule has 1 aliphatic heterocycles. The predicted octanol–water partition coefficient (Wildman–Crippen LogP) is 14.0. The minimum absolute atomic E-state index is 0.632. The lowest BCUT2D eigenvalue weighted by molar-refractivity contribution is 1.08. The highest BCUT2D eigenvalue weighted by Crippen LogP contribution is 2.51. The first-order valence-corrected chi connectivity index (χ1v) is 19.3. The normalized spacial score (nSPS) is 11.8. The fourth-order valence-corrected chi connectivity index (χ4v) is 8.38. The van der Waals surface area contributed by atoms with Crippen LogP contribution in [0.4, 0.5) is 17.1 Å². The Hall–Kier alpha value is -7.69. The van der Waals surface area contributed by atoms with E-state index in [2.05, 4.69) is 187 Å². The molecule has 0 saturated heterocycles. The summed E-state index contributed by atoms with van der Waals surface area (Å²) in [5, 5.41) is 4.68. The standard InChI is InChI=1S/C53H34N4/c1-3-15-35(16-4-1)38-21-13-22-40(33-38)52-54-51(37-18-5-2-6-19-37)55-53(56-52)47-32-31-46-43-24-10-12-28-49(43)57(41-30-29-36-17-7-8-20-39(36)34-41)48-27-11-9-23-42(48)44-25-14-26-45(47)50(44)46/h1-34H. The van der Waals surface area contributed by atoms with Crippen LogP contribution in [0.1, 0.15) is 0 Å². The second-order valence-electron chi connectivity index (χ2n) is 14.4. The number of anilines is 3. The molecule has 11 rings (SSSR count). The van der Waals surface area contributed by atoms with E-state index < -0.39 is 0 Å². The summed E-state index contributed by atoms with van der Waals surface area (Å²) in [5.41, 5.74) is 13.1. The van der Waals surface area contributed by atoms with Crippen LogP contribution in [0, 0.1) is 0 Å². The molecule has 0 unspecified atom stereocenters. The highest BCUT2D eigenvalue weighted by molar-refractivity contribution is 6.16. The topological polar surface area (TPSA) is 41.9 Å². The van der Waals surface area contributed by atoms with Crippen molar-refractivity contribution in [2.45, 2.75) is 0 Å². The molecular weight excluding hydrogens is 693 g/mol. The molecule has 0 fully saturated rings. The Labute approximate surface area is 331 Å². The summed E-state index contributed by atoms with van der Waals surface area (Å²) >= 11 is 0. The molecule has 4 nitrogen and oxygen atoms in total. The molecule has 2 heterocycles. The van der Waals surface area contributed by atoms with Crippen molar-refractivity contribution in [1.82, 2.24) is 15.0 Å². The summed E-state index contributed by atoms with van der Waals surface area (Å²) in [6.07, 6.45) is 0. The minimum Gasteiger partial charge on any atom is -0.309 e. The molecule has 266 valence electrons. The van der Waals surface area contributed by atoms with Crippen molar-refractivity contribution in [2.75, 3.05) is 4.90 Å². The number of nitrogens with zero attached hydrogens (tertiary/aromatic N) is 4. The Bertz CT molecular complexity index is 3080. The maximum atomic E-state index is 5.26. The zero-order valence-electron chi connectivity index (χ0n) is 30.9. The summed E-state index contributed by atoms with van der Waals surface area (Å²) in [7, 11) is 0. The number of benzene rings is 9. The van der Waals surface area contributed by atoms with Crippen LogP contribution in [0.15, 0.2) is 206 Å². The van der Waals surface area contributed by atoms with Gasteiger partial charge in [-0.3, -0.25) is 0 Å². The second kappa shape index (κ2) is 13.6. The van der Waals surface area contributed by atoms with Crippen LogP contribution in [-0.2, 0) is 0 Å². The van der Waals surface area contributed by atoms with Crippen LogP contribution in [-0.4, -0.2) is 15.0 Å². The lowest BCUT2D eigenvalue weighted by Crippen LogP contribution is -2.13. The van der Waals surface area contributed by atoms with Gasteiger partial charge in [-0.2, -0.15) is 0 Å². The zero-order valence-corrected chi connectivity index (χ0v) is 30.9. The van der Waals surface area contributed by atoms with E-state index in [1.807, 2.05) is 24.3 Å². The van der Waals surface area contributed by atoms with Crippen LogP contribution in [0.3, 0.4) is 0 Å². The van der Waals surface area contributed by atoms with Crippen LogP contribution >= 0.6 is 0 Å². The molecule has 0 amide bonds. The fourth-order valence-electron chi connectivity index (χ4n) is 8.38. The van der Waals surface area contributed by atoms with E-state index in [-0.39, 0.29) is 0 Å². The van der Waals surface area contributed by atoms with Gasteiger partial charge in [-0.1, -0.05) is 170 Å². The third-order valence-electron chi connectivity index (χ3n) is 11.0. The summed E-state index contributed by atoms with van der Waals surface area (Å²) in [6.45, 7) is 0. The van der Waals surface area contributed by atoms with Gasteiger partial charge in [0, 0.05) is 33.5 Å². The van der Waals surface area contributed by atoms with E-state index >= 15 is 0 Å². The lowest BCUT2D eigenvalue weighted by Gasteiger charge is -2.32. The van der Waals surface area contributed by atoms with Gasteiger partial charge in [-0.05, 0) is 80.2 Å². The summed E-state index contributed by atoms with van der Waals surface area (Å²) < 4.78 is 0. The first-order valence-electron chi connectivity index (χ1n) is 19.3. The Balaban J connectivity index is 1.15. The molecule has 0 saturated carbocycles. The number of fused-ring (bicyclic) bond motifs is 5. The predicted molar refractivity (Wildman–Crippen MR) is 236 cm³/mol. The number of aromatic nitrogens is 3. The maximum Gasteiger partial charge on any atom is 0.164 e. The average Bonchev–Trinajstić information content (AvgIpc) is 3.29. The molecule has 4 heteroatoms. The van der Waals surface area contributed by atoms with E-state index in [1.54, 1.807) is 0 Å². The van der Waals surface area contributed by atoms with E-state index in [0.717, 1.165) is 72.5 Å². The van der Waals surface area contributed by atoms with Crippen molar-refractivity contribution < 1.29 is 0 Å². The third kappa shape index (κ3) is 5.66. The number of para-hydroxylation sites is 2. The van der Waals surface area contributed by atoms with Gasteiger partial charge < -0.3 is 4.90 Å². The summed E-state index contributed by atoms with van der Waals surface area (Å²) in [5.74, 6) is 1.90. The molecule has 0 atom stereocenters. The van der Waals surface area contributed by atoms with Gasteiger partial charge in [0.1, 0.15) is 0 Å². The molecule has 1 aromatic heterocycles. The maximum absolute atomic E-state index is 5.26. The van der Waals surface area contributed by atoms with E-state index in [0.29, 0.717) is 17.5 Å². The molecule has 57 heavy (non-hydrogen) atoms. The zero-order chi connectivity index (χ0) is 37.7. The first kappa shape index (κ1) is 32.7. The quantitative estimate of drug-likeness (QED) is 0.177. The Morgan fingerprint density at radius 2 is 0.825 bits per heavy atom. The van der Waals surface area contributed by atoms with E-state index in [4.69, 9.17) is 15.0 Å². The Morgan fingerprint density at radius 3 is 1.58 bits per heavy atom. The van der Waals surface area contributed by atoms with Crippen molar-refractivity contribution in [2.24, 2.45) is 0 Å². The largest absolute Gasteiger partial charge is 0.309 e. The van der Waals surface area contributed by atoms with Crippen LogP contribution in [0.5, 0.6) is 0 Å². The molecule has 0 spiro atoms. The van der Waals surface area contributed by atoms with E-state index in [9.17, 15) is 0 Å². The van der Waals surface area contributed by atoms with E-state index in [1.165, 1.54) is 16.2 Å². The summed E-state index contributed by atoms with van der Waals surface area (Å²) in [6, 6.07) is 73.0. The highest BCUT2D eigenvalue weighted by Gasteiger charge is 2.27. The first-order chi connectivity index (χ1) is 28.3. The summed E-state index contributed by atoms with van der Waals surface area (Å²) in [4.78, 5) is 18.0. The van der Waals surface area contributed by atoms with Gasteiger partial charge in [-0.15, -0.1) is 0 Å². The van der Waals surface area contributed by atoms with Gasteiger partial charge >= 0.3 is 0 Å². The number of rotatable bonds is 5. The van der Waals surface area contributed by atoms with Crippen molar-refractivity contribution in [3.63, 3.8) is 0 Å². The molecule has 0 aliphatic carbocycles. The SMILES string of the molecule is c1ccc(-c2cccc(-c3nc(-c4ccccc4)nc(-c4ccc5c6c(cccc46)-c4ccccc4N(c4ccc6ccccc6c4)c4ccccc4-5)n3)c2)cc1. The third-order valence-corrected chi connectivity index (χ3v) is 11.0. The van der Waals surface area contributed by atoms with Gasteiger partial charge in [0.25, 0.3) is 0 Å². The number of hydrogen-bond donors (Lipinski definition) is 0. The smallest absolute Gasteiger partial charge is 0.164 e. The van der Waals surface area contributed by atoms with Crippen molar-refractivity contribution in [1.29, 1.82) is 0 Å². The Kier molecular flexibility index (Phi) is 7.78. The van der Waals surface area contributed by atoms with Crippen molar-refractivity contribution >= 4 is 38.6 Å². The molecule has 0 bridgehead atoms. The molecule has 9 aromatic carbocycles. The Morgan fingerprint density at radius 1 is 0.298 bits per heavy atom. The molecular formula is C53H34N4. The van der Waals surface area contributed by atoms with Crippen LogP contribution < -0.4 is 4.90 Å².